The third-order valence-electron chi connectivity index (χ3n) is 2.97. The molecule has 1 amide bonds. The number of hydrogen-bond acceptors (Lipinski definition) is 4. The number of thiocarbonyl (C=S) groups is 1. The normalized spacial score (nSPS) is 15.1. The summed E-state index contributed by atoms with van der Waals surface area (Å²) in [6.45, 7) is 7.98. The molecule has 0 radical (unpaired) electrons. The van der Waals surface area contributed by atoms with Crippen LogP contribution in [-0.2, 0) is 0 Å². The standard InChI is InChI=1S/C7H15N.C6H5N3OS/c1-2-8-6-4-3-5-7-8;1-4-2-5(9-8-4)6(10)7-3-11/h2-7H2,1H3;2H,1H3,(H,8,9). The van der Waals surface area contributed by atoms with Crippen LogP contribution >= 0.6 is 12.2 Å². The minimum absolute atomic E-state index is 0.264. The number of hydrogen-bond donors (Lipinski definition) is 1. The lowest BCUT2D eigenvalue weighted by molar-refractivity contribution is 0.0999. The van der Waals surface area contributed by atoms with Crippen molar-refractivity contribution >= 4 is 23.3 Å². The van der Waals surface area contributed by atoms with E-state index in [1.165, 1.54) is 38.9 Å². The topological polar surface area (TPSA) is 61.4 Å². The highest BCUT2D eigenvalue weighted by Gasteiger charge is 2.06. The van der Waals surface area contributed by atoms with Gasteiger partial charge in [-0.15, -0.1) is 0 Å². The fraction of sp³-hybridized carbons (Fsp3) is 0.615. The van der Waals surface area contributed by atoms with Crippen molar-refractivity contribution in [3.63, 3.8) is 0 Å². The van der Waals surface area contributed by atoms with E-state index in [1.54, 1.807) is 13.0 Å². The van der Waals surface area contributed by atoms with Gasteiger partial charge >= 0.3 is 5.91 Å². The number of nitrogens with one attached hydrogen (secondary N) is 1. The summed E-state index contributed by atoms with van der Waals surface area (Å²) in [4.78, 5) is 16.6. The van der Waals surface area contributed by atoms with Crippen LogP contribution in [0, 0.1) is 6.92 Å². The predicted molar refractivity (Wildman–Crippen MR) is 78.6 cm³/mol. The maximum atomic E-state index is 10.9. The van der Waals surface area contributed by atoms with E-state index in [-0.39, 0.29) is 5.69 Å². The Kier molecular flexibility index (Phi) is 7.18. The summed E-state index contributed by atoms with van der Waals surface area (Å²) >= 11 is 4.26. The van der Waals surface area contributed by atoms with Gasteiger partial charge in [0.25, 0.3) is 0 Å². The number of amides is 1. The summed E-state index contributed by atoms with van der Waals surface area (Å²) in [5, 5.41) is 8.28. The van der Waals surface area contributed by atoms with Crippen LogP contribution in [0.2, 0.25) is 0 Å². The Bertz CT molecular complexity index is 445. The van der Waals surface area contributed by atoms with E-state index >= 15 is 0 Å². The van der Waals surface area contributed by atoms with Crippen molar-refractivity contribution in [2.45, 2.75) is 33.1 Å². The van der Waals surface area contributed by atoms with Gasteiger partial charge in [-0.05, 0) is 57.7 Å². The summed E-state index contributed by atoms with van der Waals surface area (Å²) in [6, 6.07) is 1.60. The quantitative estimate of drug-likeness (QED) is 0.667. The van der Waals surface area contributed by atoms with Crippen molar-refractivity contribution in [2.75, 3.05) is 19.6 Å². The first-order chi connectivity index (χ1) is 9.17. The highest BCUT2D eigenvalue weighted by molar-refractivity contribution is 7.78. The maximum Gasteiger partial charge on any atom is 0.306 e. The summed E-state index contributed by atoms with van der Waals surface area (Å²) in [6.07, 6.45) is 4.30. The van der Waals surface area contributed by atoms with Gasteiger partial charge in [0.05, 0.1) is 5.16 Å². The number of aliphatic imine (C=N–C) groups is 1. The van der Waals surface area contributed by atoms with Crippen molar-refractivity contribution in [3.05, 3.63) is 17.5 Å². The Morgan fingerprint density at radius 3 is 2.63 bits per heavy atom. The SMILES string of the molecule is CCN1CCCCC1.Cc1cc(C(=O)N=C=S)n[nH]1. The molecule has 1 aliphatic rings. The molecule has 6 heteroatoms. The number of carbonyl (C=O) groups excluding carboxylic acids is 1. The number of aromatic nitrogens is 2. The Morgan fingerprint density at radius 2 is 2.21 bits per heavy atom. The van der Waals surface area contributed by atoms with Crippen LogP contribution < -0.4 is 0 Å². The van der Waals surface area contributed by atoms with E-state index in [9.17, 15) is 4.79 Å². The monoisotopic (exact) mass is 280 g/mol. The van der Waals surface area contributed by atoms with Gasteiger partial charge in [0.1, 0.15) is 0 Å². The first kappa shape index (κ1) is 15.7. The number of aryl methyl sites for hydroxylation is 1. The molecule has 0 aromatic carbocycles. The summed E-state index contributed by atoms with van der Waals surface area (Å²) in [7, 11) is 0. The van der Waals surface area contributed by atoms with Crippen molar-refractivity contribution in [3.8, 4) is 0 Å². The van der Waals surface area contributed by atoms with Crippen molar-refractivity contribution in [2.24, 2.45) is 4.99 Å². The van der Waals surface area contributed by atoms with E-state index in [0.717, 1.165) is 5.69 Å². The van der Waals surface area contributed by atoms with E-state index in [1.807, 2.05) is 5.16 Å². The van der Waals surface area contributed by atoms with Gasteiger partial charge in [0, 0.05) is 5.69 Å². The summed E-state index contributed by atoms with van der Waals surface area (Å²) < 4.78 is 0. The maximum absolute atomic E-state index is 10.9. The third-order valence-corrected chi connectivity index (χ3v) is 3.06. The number of isothiocyanates is 1. The molecule has 1 fully saturated rings. The third kappa shape index (κ3) is 5.87. The Labute approximate surface area is 119 Å². The predicted octanol–water partition coefficient (Wildman–Crippen LogP) is 2.45. The van der Waals surface area contributed by atoms with E-state index < -0.39 is 5.91 Å². The van der Waals surface area contributed by atoms with Crippen LogP contribution in [0.15, 0.2) is 11.1 Å². The van der Waals surface area contributed by atoms with E-state index in [4.69, 9.17) is 0 Å². The average molecular weight is 280 g/mol. The number of carbonyl (C=O) groups is 1. The Morgan fingerprint density at radius 1 is 1.53 bits per heavy atom. The largest absolute Gasteiger partial charge is 0.306 e. The van der Waals surface area contributed by atoms with Crippen LogP contribution in [0.5, 0.6) is 0 Å². The van der Waals surface area contributed by atoms with Gasteiger partial charge in [-0.25, -0.2) is 0 Å². The molecular weight excluding hydrogens is 260 g/mol. The summed E-state index contributed by atoms with van der Waals surface area (Å²) in [5.41, 5.74) is 1.08. The molecule has 5 nitrogen and oxygen atoms in total. The van der Waals surface area contributed by atoms with Crippen LogP contribution in [0.25, 0.3) is 0 Å². The molecule has 0 bridgehead atoms. The molecule has 1 N–H and O–H groups in total. The van der Waals surface area contributed by atoms with Gasteiger partial charge in [-0.3, -0.25) is 9.89 Å². The number of aromatic amines is 1. The number of rotatable bonds is 2. The first-order valence-electron chi connectivity index (χ1n) is 6.54. The molecule has 0 aliphatic carbocycles. The van der Waals surface area contributed by atoms with Gasteiger partial charge in [-0.2, -0.15) is 10.1 Å². The molecule has 1 saturated heterocycles. The number of likely N-dealkylation sites (tertiary alicyclic amines) is 1. The fourth-order valence-electron chi connectivity index (χ4n) is 1.90. The van der Waals surface area contributed by atoms with Crippen LogP contribution in [0.3, 0.4) is 0 Å². The van der Waals surface area contributed by atoms with Crippen LogP contribution in [0.1, 0.15) is 42.4 Å². The minimum Gasteiger partial charge on any atom is -0.304 e. The van der Waals surface area contributed by atoms with Gasteiger partial charge in [0.15, 0.2) is 5.69 Å². The molecule has 19 heavy (non-hydrogen) atoms. The summed E-state index contributed by atoms with van der Waals surface area (Å²) in [5.74, 6) is -0.468. The second-order valence-corrected chi connectivity index (χ2v) is 4.62. The molecule has 0 unspecified atom stereocenters. The van der Waals surface area contributed by atoms with Crippen molar-refractivity contribution in [1.82, 2.24) is 15.1 Å². The number of nitrogens with zero attached hydrogens (tertiary/aromatic N) is 3. The first-order valence-corrected chi connectivity index (χ1v) is 6.94. The number of piperidine rings is 1. The smallest absolute Gasteiger partial charge is 0.304 e. The highest BCUT2D eigenvalue weighted by Crippen LogP contribution is 2.06. The molecule has 0 atom stereocenters. The molecular formula is C13H20N4OS. The van der Waals surface area contributed by atoms with Crippen molar-refractivity contribution in [1.29, 1.82) is 0 Å². The van der Waals surface area contributed by atoms with Gasteiger partial charge in [-0.1, -0.05) is 13.3 Å². The molecule has 104 valence electrons. The Hall–Kier alpha value is -1.36. The highest BCUT2D eigenvalue weighted by atomic mass is 32.1. The van der Waals surface area contributed by atoms with Crippen molar-refractivity contribution < 1.29 is 4.79 Å². The molecule has 2 rings (SSSR count). The minimum atomic E-state index is -0.468. The van der Waals surface area contributed by atoms with Gasteiger partial charge in [0.2, 0.25) is 0 Å². The lowest BCUT2D eigenvalue weighted by Crippen LogP contribution is -2.29. The van der Waals surface area contributed by atoms with E-state index in [0.29, 0.717) is 0 Å². The number of H-pyrrole nitrogens is 1. The zero-order valence-electron chi connectivity index (χ0n) is 11.5. The second kappa shape index (κ2) is 8.69. The van der Waals surface area contributed by atoms with Gasteiger partial charge < -0.3 is 4.90 Å². The molecule has 1 aliphatic heterocycles. The Balaban J connectivity index is 0.000000200. The van der Waals surface area contributed by atoms with Crippen LogP contribution in [0.4, 0.5) is 0 Å². The molecule has 2 heterocycles. The lowest BCUT2D eigenvalue weighted by Gasteiger charge is -2.24. The average Bonchev–Trinajstić information content (AvgIpc) is 2.87. The zero-order chi connectivity index (χ0) is 14.1. The molecule has 1 aromatic rings. The lowest BCUT2D eigenvalue weighted by atomic mass is 10.1. The molecule has 0 saturated carbocycles. The van der Waals surface area contributed by atoms with E-state index in [2.05, 4.69) is 39.2 Å². The van der Waals surface area contributed by atoms with Crippen LogP contribution in [-0.4, -0.2) is 45.8 Å². The second-order valence-electron chi connectivity index (χ2n) is 4.44. The fourth-order valence-corrected chi connectivity index (χ4v) is 1.98. The molecule has 1 aromatic heterocycles. The zero-order valence-corrected chi connectivity index (χ0v) is 12.3. The molecule has 0 spiro atoms.